The number of anilines is 2. The summed E-state index contributed by atoms with van der Waals surface area (Å²) in [7, 11) is 0. The van der Waals surface area contributed by atoms with Crippen LogP contribution in [-0.2, 0) is 0 Å². The number of carbonyl (C=O) groups is 2. The lowest BCUT2D eigenvalue weighted by Crippen LogP contribution is -2.20. The fraction of sp³-hybridized carbons (Fsp3) is 0.0769. The highest BCUT2D eigenvalue weighted by Crippen LogP contribution is 2.26. The Hall–Kier alpha value is -1.93. The van der Waals surface area contributed by atoms with Gasteiger partial charge < -0.3 is 10.4 Å². The molecule has 3 N–H and O–H groups in total. The van der Waals surface area contributed by atoms with E-state index in [9.17, 15) is 14.0 Å². The first-order valence-electron chi connectivity index (χ1n) is 5.73. The molecule has 0 fully saturated rings. The highest BCUT2D eigenvalue weighted by molar-refractivity contribution is 9.10. The molecule has 1 aromatic carbocycles. The second kappa shape index (κ2) is 6.23. The van der Waals surface area contributed by atoms with Crippen molar-refractivity contribution >= 4 is 50.0 Å². The van der Waals surface area contributed by atoms with Gasteiger partial charge >= 0.3 is 12.0 Å². The Morgan fingerprint density at radius 1 is 1.33 bits per heavy atom. The molecule has 0 saturated heterocycles. The summed E-state index contributed by atoms with van der Waals surface area (Å²) in [6.07, 6.45) is 0. The average molecular weight is 373 g/mol. The minimum atomic E-state index is -1.12. The molecule has 0 aliphatic heterocycles. The van der Waals surface area contributed by atoms with Crippen LogP contribution in [0.5, 0.6) is 0 Å². The maximum absolute atomic E-state index is 13.3. The van der Waals surface area contributed by atoms with Crippen LogP contribution in [0.25, 0.3) is 0 Å². The van der Waals surface area contributed by atoms with E-state index in [0.29, 0.717) is 11.3 Å². The molecular weight excluding hydrogens is 363 g/mol. The first-order valence-corrected chi connectivity index (χ1v) is 7.40. The molecule has 0 aliphatic carbocycles. The number of hydrogen-bond donors (Lipinski definition) is 3. The Morgan fingerprint density at radius 2 is 2.05 bits per heavy atom. The van der Waals surface area contributed by atoms with E-state index < -0.39 is 17.8 Å². The molecule has 0 bridgehead atoms. The Labute approximate surface area is 131 Å². The molecule has 110 valence electrons. The van der Waals surface area contributed by atoms with Crippen molar-refractivity contribution in [2.45, 2.75) is 6.92 Å². The standard InChI is InChI=1S/C13H10BrFN2O3S/c1-6-4-9(15)8(14)5-10(6)16-13(20)17-11-7(12(18)19)2-3-21-11/h2-5H,1H3,(H,18,19)(H2,16,17,20). The molecule has 0 aliphatic rings. The van der Waals surface area contributed by atoms with Gasteiger partial charge in [-0.2, -0.15) is 0 Å². The number of rotatable bonds is 3. The van der Waals surface area contributed by atoms with Crippen molar-refractivity contribution in [2.24, 2.45) is 0 Å². The SMILES string of the molecule is Cc1cc(F)c(Br)cc1NC(=O)Nc1sccc1C(=O)O. The molecular formula is C13H10BrFN2O3S. The van der Waals surface area contributed by atoms with Crippen LogP contribution in [0.3, 0.4) is 0 Å². The van der Waals surface area contributed by atoms with Gasteiger partial charge in [-0.1, -0.05) is 0 Å². The Morgan fingerprint density at radius 3 is 2.71 bits per heavy atom. The van der Waals surface area contributed by atoms with Gasteiger partial charge in [-0.15, -0.1) is 11.3 Å². The normalized spacial score (nSPS) is 10.2. The van der Waals surface area contributed by atoms with Gasteiger partial charge in [-0.3, -0.25) is 5.32 Å². The fourth-order valence-corrected chi connectivity index (χ4v) is 2.73. The van der Waals surface area contributed by atoms with Gasteiger partial charge in [0.25, 0.3) is 0 Å². The summed E-state index contributed by atoms with van der Waals surface area (Å²) in [5.74, 6) is -1.54. The molecule has 2 rings (SSSR count). The van der Waals surface area contributed by atoms with Crippen LogP contribution in [0, 0.1) is 12.7 Å². The summed E-state index contributed by atoms with van der Waals surface area (Å²) >= 11 is 4.14. The number of hydrogen-bond acceptors (Lipinski definition) is 3. The molecule has 8 heteroatoms. The lowest BCUT2D eigenvalue weighted by molar-refractivity contribution is 0.0698. The smallest absolute Gasteiger partial charge is 0.338 e. The molecule has 1 heterocycles. The van der Waals surface area contributed by atoms with Crippen LogP contribution in [0.4, 0.5) is 19.9 Å². The van der Waals surface area contributed by atoms with Crippen LogP contribution in [-0.4, -0.2) is 17.1 Å². The number of carboxylic acid groups (broad SMARTS) is 1. The van der Waals surface area contributed by atoms with Crippen LogP contribution in [0.15, 0.2) is 28.1 Å². The Balaban J connectivity index is 2.14. The fourth-order valence-electron chi connectivity index (χ4n) is 1.61. The van der Waals surface area contributed by atoms with E-state index >= 15 is 0 Å². The van der Waals surface area contributed by atoms with Gasteiger partial charge in [0.2, 0.25) is 0 Å². The van der Waals surface area contributed by atoms with E-state index in [2.05, 4.69) is 26.6 Å². The molecule has 0 atom stereocenters. The van der Waals surface area contributed by atoms with E-state index in [1.165, 1.54) is 18.2 Å². The molecule has 2 aromatic rings. The van der Waals surface area contributed by atoms with Crippen LogP contribution < -0.4 is 10.6 Å². The van der Waals surface area contributed by atoms with Crippen LogP contribution >= 0.6 is 27.3 Å². The molecule has 0 unspecified atom stereocenters. The van der Waals surface area contributed by atoms with Gasteiger partial charge in [0.1, 0.15) is 10.8 Å². The number of halogens is 2. The molecule has 5 nitrogen and oxygen atoms in total. The van der Waals surface area contributed by atoms with Gasteiger partial charge in [0, 0.05) is 5.69 Å². The predicted octanol–water partition coefficient (Wildman–Crippen LogP) is 4.30. The van der Waals surface area contributed by atoms with Crippen molar-refractivity contribution in [1.82, 2.24) is 0 Å². The minimum absolute atomic E-state index is 0.0205. The van der Waals surface area contributed by atoms with Gasteiger partial charge in [0.15, 0.2) is 0 Å². The van der Waals surface area contributed by atoms with Gasteiger partial charge in [0.05, 0.1) is 10.0 Å². The lowest BCUT2D eigenvalue weighted by Gasteiger charge is -2.10. The average Bonchev–Trinajstić information content (AvgIpc) is 2.84. The zero-order chi connectivity index (χ0) is 15.6. The number of amides is 2. The largest absolute Gasteiger partial charge is 0.478 e. The molecule has 21 heavy (non-hydrogen) atoms. The predicted molar refractivity (Wildman–Crippen MR) is 82.8 cm³/mol. The first kappa shape index (κ1) is 15.5. The van der Waals surface area contributed by atoms with Crippen molar-refractivity contribution in [3.8, 4) is 0 Å². The maximum Gasteiger partial charge on any atom is 0.338 e. The molecule has 0 saturated carbocycles. The van der Waals surface area contributed by atoms with Crippen molar-refractivity contribution in [3.63, 3.8) is 0 Å². The van der Waals surface area contributed by atoms with E-state index in [4.69, 9.17) is 5.11 Å². The number of thiophene rings is 1. The maximum atomic E-state index is 13.3. The van der Waals surface area contributed by atoms with E-state index in [1.54, 1.807) is 12.3 Å². The number of aromatic carboxylic acids is 1. The summed E-state index contributed by atoms with van der Waals surface area (Å²) in [6.45, 7) is 1.65. The summed E-state index contributed by atoms with van der Waals surface area (Å²) in [6, 6.07) is 3.54. The number of carbonyl (C=O) groups excluding carboxylic acids is 1. The molecule has 1 aromatic heterocycles. The summed E-state index contributed by atoms with van der Waals surface area (Å²) in [5, 5.41) is 15.8. The highest BCUT2D eigenvalue weighted by atomic mass is 79.9. The number of urea groups is 1. The number of benzene rings is 1. The monoisotopic (exact) mass is 372 g/mol. The summed E-state index contributed by atoms with van der Waals surface area (Å²) in [5.41, 5.74) is 0.997. The number of aryl methyl sites for hydroxylation is 1. The zero-order valence-electron chi connectivity index (χ0n) is 10.7. The third-order valence-electron chi connectivity index (χ3n) is 2.64. The van der Waals surface area contributed by atoms with Crippen molar-refractivity contribution < 1.29 is 19.1 Å². The topological polar surface area (TPSA) is 78.4 Å². The Kier molecular flexibility index (Phi) is 4.59. The zero-order valence-corrected chi connectivity index (χ0v) is 13.1. The van der Waals surface area contributed by atoms with E-state index in [0.717, 1.165) is 11.3 Å². The lowest BCUT2D eigenvalue weighted by atomic mass is 10.2. The molecule has 2 amide bonds. The minimum Gasteiger partial charge on any atom is -0.478 e. The van der Waals surface area contributed by atoms with Crippen LogP contribution in [0.2, 0.25) is 0 Å². The number of nitrogens with one attached hydrogen (secondary N) is 2. The van der Waals surface area contributed by atoms with Crippen molar-refractivity contribution in [3.05, 3.63) is 45.0 Å². The molecule has 0 spiro atoms. The van der Waals surface area contributed by atoms with Gasteiger partial charge in [-0.25, -0.2) is 14.0 Å². The third-order valence-corrected chi connectivity index (χ3v) is 4.08. The number of carboxylic acids is 1. The summed E-state index contributed by atoms with van der Waals surface area (Å²) in [4.78, 5) is 22.8. The first-order chi connectivity index (χ1) is 9.88. The quantitative estimate of drug-likeness (QED) is 0.751. The van der Waals surface area contributed by atoms with E-state index in [-0.39, 0.29) is 15.0 Å². The van der Waals surface area contributed by atoms with Crippen molar-refractivity contribution in [1.29, 1.82) is 0 Å². The summed E-state index contributed by atoms with van der Waals surface area (Å²) < 4.78 is 13.5. The third kappa shape index (κ3) is 3.59. The van der Waals surface area contributed by atoms with Crippen LogP contribution in [0.1, 0.15) is 15.9 Å². The van der Waals surface area contributed by atoms with Crippen molar-refractivity contribution in [2.75, 3.05) is 10.6 Å². The molecule has 0 radical (unpaired) electrons. The van der Waals surface area contributed by atoms with Gasteiger partial charge in [-0.05, 0) is 52.0 Å². The highest BCUT2D eigenvalue weighted by Gasteiger charge is 2.14. The Bertz CT molecular complexity index is 717. The second-order valence-corrected chi connectivity index (χ2v) is 5.90. The van der Waals surface area contributed by atoms with E-state index in [1.807, 2.05) is 0 Å². The second-order valence-electron chi connectivity index (χ2n) is 4.13.